The van der Waals surface area contributed by atoms with Crippen molar-refractivity contribution < 1.29 is 13.2 Å². The Morgan fingerprint density at radius 3 is 2.67 bits per heavy atom. The highest BCUT2D eigenvalue weighted by molar-refractivity contribution is 5.94. The van der Waals surface area contributed by atoms with Gasteiger partial charge < -0.3 is 10.3 Å². The molecule has 1 aliphatic carbocycles. The summed E-state index contributed by atoms with van der Waals surface area (Å²) in [5, 5.41) is 13.1. The molecule has 0 aromatic carbocycles. The first-order valence-corrected chi connectivity index (χ1v) is 9.95. The molecule has 0 saturated heterocycles. The highest BCUT2D eigenvalue weighted by atomic mass is 19.4. The van der Waals surface area contributed by atoms with Crippen molar-refractivity contribution in [3.05, 3.63) is 35.8 Å². The van der Waals surface area contributed by atoms with Crippen LogP contribution in [0.2, 0.25) is 0 Å². The second-order valence-corrected chi connectivity index (χ2v) is 7.72. The molecule has 3 aromatic rings. The van der Waals surface area contributed by atoms with E-state index in [9.17, 15) is 18.4 Å². The summed E-state index contributed by atoms with van der Waals surface area (Å²) in [4.78, 5) is 15.5. The fourth-order valence-electron chi connectivity index (χ4n) is 4.05. The number of hydrogen-bond acceptors (Lipinski definition) is 5. The molecular formula is C21H21F3N6. The fraction of sp³-hybridized carbons (Fsp3) is 0.429. The van der Waals surface area contributed by atoms with E-state index < -0.39 is 11.7 Å². The van der Waals surface area contributed by atoms with Crippen LogP contribution in [0, 0.1) is 17.2 Å². The number of aromatic amines is 1. The van der Waals surface area contributed by atoms with Gasteiger partial charge in [-0.3, -0.25) is 0 Å². The highest BCUT2D eigenvalue weighted by Crippen LogP contribution is 2.35. The summed E-state index contributed by atoms with van der Waals surface area (Å²) in [5.41, 5.74) is 0.289. The third-order valence-electron chi connectivity index (χ3n) is 5.74. The number of alkyl halides is 3. The molecule has 9 heteroatoms. The van der Waals surface area contributed by atoms with Crippen molar-refractivity contribution in [2.75, 3.05) is 5.32 Å². The minimum atomic E-state index is -4.51. The molecule has 3 heterocycles. The minimum absolute atomic E-state index is 0.160. The maximum absolute atomic E-state index is 13.1. The highest BCUT2D eigenvalue weighted by Gasteiger charge is 2.32. The van der Waals surface area contributed by atoms with Crippen LogP contribution in [-0.2, 0) is 6.18 Å². The Bertz CT molecular complexity index is 1090. The second-order valence-electron chi connectivity index (χ2n) is 7.72. The number of fused-ring (bicyclic) bond motifs is 1. The van der Waals surface area contributed by atoms with E-state index in [0.717, 1.165) is 25.1 Å². The number of nitrogens with zero attached hydrogens (tertiary/aromatic N) is 4. The topological polar surface area (TPSA) is 90.3 Å². The number of rotatable bonds is 4. The molecule has 0 aliphatic heterocycles. The average molecular weight is 414 g/mol. The molecule has 0 radical (unpaired) electrons. The van der Waals surface area contributed by atoms with E-state index >= 15 is 0 Å². The van der Waals surface area contributed by atoms with E-state index in [1.54, 1.807) is 0 Å². The van der Waals surface area contributed by atoms with E-state index in [1.165, 1.54) is 31.7 Å². The SMILES string of the molecule is CC(Nc1ncc(C#N)c(-c2c[nH]c3ncc(C(F)(F)F)cc23)n1)C1CCCCC1. The molecule has 1 unspecified atom stereocenters. The van der Waals surface area contributed by atoms with E-state index in [2.05, 4.69) is 32.2 Å². The lowest BCUT2D eigenvalue weighted by Gasteiger charge is -2.28. The van der Waals surface area contributed by atoms with Crippen LogP contribution in [-0.4, -0.2) is 26.0 Å². The van der Waals surface area contributed by atoms with Crippen LogP contribution in [0.1, 0.15) is 50.2 Å². The summed E-state index contributed by atoms with van der Waals surface area (Å²) in [6.07, 6.45) is 5.16. The zero-order valence-electron chi connectivity index (χ0n) is 16.4. The number of hydrogen-bond donors (Lipinski definition) is 2. The van der Waals surface area contributed by atoms with Crippen molar-refractivity contribution in [2.24, 2.45) is 5.92 Å². The molecule has 1 fully saturated rings. The minimum Gasteiger partial charge on any atom is -0.351 e. The third kappa shape index (κ3) is 3.95. The molecule has 1 atom stereocenters. The molecule has 1 saturated carbocycles. The number of H-pyrrole nitrogens is 1. The largest absolute Gasteiger partial charge is 0.417 e. The van der Waals surface area contributed by atoms with Gasteiger partial charge in [-0.05, 0) is 31.7 Å². The molecule has 156 valence electrons. The Kier molecular flexibility index (Phi) is 5.33. The smallest absolute Gasteiger partial charge is 0.351 e. The number of anilines is 1. The molecule has 6 nitrogen and oxygen atoms in total. The normalized spacial score (nSPS) is 16.4. The number of pyridine rings is 1. The van der Waals surface area contributed by atoms with Crippen molar-refractivity contribution in [2.45, 2.75) is 51.2 Å². The Labute approximate surface area is 171 Å². The van der Waals surface area contributed by atoms with Crippen molar-refractivity contribution >= 4 is 17.0 Å². The summed E-state index contributed by atoms with van der Waals surface area (Å²) in [6, 6.07) is 3.21. The second kappa shape index (κ2) is 7.94. The number of nitrogens with one attached hydrogen (secondary N) is 2. The lowest BCUT2D eigenvalue weighted by Crippen LogP contribution is -2.28. The molecular weight excluding hydrogens is 393 g/mol. The summed E-state index contributed by atoms with van der Waals surface area (Å²) in [7, 11) is 0. The molecule has 30 heavy (non-hydrogen) atoms. The van der Waals surface area contributed by atoms with Gasteiger partial charge in [-0.1, -0.05) is 19.3 Å². The van der Waals surface area contributed by atoms with Gasteiger partial charge in [-0.15, -0.1) is 0 Å². The maximum Gasteiger partial charge on any atom is 0.417 e. The van der Waals surface area contributed by atoms with Crippen molar-refractivity contribution in [3.8, 4) is 17.3 Å². The van der Waals surface area contributed by atoms with Crippen LogP contribution in [0.25, 0.3) is 22.3 Å². The molecule has 0 amide bonds. The number of halogens is 3. The number of aromatic nitrogens is 4. The molecule has 2 N–H and O–H groups in total. The van der Waals surface area contributed by atoms with Gasteiger partial charge in [0.2, 0.25) is 5.95 Å². The van der Waals surface area contributed by atoms with Gasteiger partial charge in [0.05, 0.1) is 23.0 Å². The lowest BCUT2D eigenvalue weighted by molar-refractivity contribution is -0.137. The van der Waals surface area contributed by atoms with E-state index in [1.807, 2.05) is 6.07 Å². The van der Waals surface area contributed by atoms with Gasteiger partial charge in [0.15, 0.2) is 0 Å². The quantitative estimate of drug-likeness (QED) is 0.605. The molecule has 0 bridgehead atoms. The van der Waals surface area contributed by atoms with Gasteiger partial charge in [-0.2, -0.15) is 18.4 Å². The Balaban J connectivity index is 1.71. The Morgan fingerprint density at radius 1 is 1.20 bits per heavy atom. The third-order valence-corrected chi connectivity index (χ3v) is 5.74. The summed E-state index contributed by atoms with van der Waals surface area (Å²) < 4.78 is 39.4. The van der Waals surface area contributed by atoms with Crippen LogP contribution in [0.3, 0.4) is 0 Å². The Morgan fingerprint density at radius 2 is 1.97 bits per heavy atom. The van der Waals surface area contributed by atoms with E-state index in [-0.39, 0.29) is 22.7 Å². The monoisotopic (exact) mass is 414 g/mol. The maximum atomic E-state index is 13.1. The summed E-state index contributed by atoms with van der Waals surface area (Å²) in [6.45, 7) is 2.09. The molecule has 0 spiro atoms. The summed E-state index contributed by atoms with van der Waals surface area (Å²) >= 11 is 0. The molecule has 3 aromatic heterocycles. The first kappa shape index (κ1) is 20.1. The van der Waals surface area contributed by atoms with Crippen molar-refractivity contribution in [1.29, 1.82) is 5.26 Å². The lowest BCUT2D eigenvalue weighted by atomic mass is 9.85. The summed E-state index contributed by atoms with van der Waals surface area (Å²) in [5.74, 6) is 0.879. The average Bonchev–Trinajstić information content (AvgIpc) is 3.17. The standard InChI is InChI=1S/C21H21F3N6/c1-12(13-5-3-2-4-6-13)29-20-28-9-14(8-25)18(30-20)17-11-27-19-16(17)7-15(10-26-19)21(22,23)24/h7,9-13H,2-6H2,1H3,(H,26,27)(H,28,29,30). The van der Waals surface area contributed by atoms with Crippen LogP contribution in [0.15, 0.2) is 24.7 Å². The first-order chi connectivity index (χ1) is 14.4. The van der Waals surface area contributed by atoms with Gasteiger partial charge in [0.25, 0.3) is 0 Å². The van der Waals surface area contributed by atoms with Crippen LogP contribution < -0.4 is 5.32 Å². The predicted molar refractivity (Wildman–Crippen MR) is 106 cm³/mol. The predicted octanol–water partition coefficient (Wildman–Crippen LogP) is 5.29. The van der Waals surface area contributed by atoms with E-state index in [4.69, 9.17) is 0 Å². The molecule has 4 rings (SSSR count). The van der Waals surface area contributed by atoms with Crippen LogP contribution in [0.5, 0.6) is 0 Å². The van der Waals surface area contributed by atoms with Gasteiger partial charge in [0, 0.05) is 29.4 Å². The van der Waals surface area contributed by atoms with Crippen LogP contribution >= 0.6 is 0 Å². The van der Waals surface area contributed by atoms with Gasteiger partial charge in [-0.25, -0.2) is 15.0 Å². The molecule has 1 aliphatic rings. The first-order valence-electron chi connectivity index (χ1n) is 9.95. The van der Waals surface area contributed by atoms with Crippen molar-refractivity contribution in [1.82, 2.24) is 19.9 Å². The number of nitriles is 1. The van der Waals surface area contributed by atoms with Crippen LogP contribution in [0.4, 0.5) is 19.1 Å². The fourth-order valence-corrected chi connectivity index (χ4v) is 4.05. The Hall–Kier alpha value is -3.15. The van der Waals surface area contributed by atoms with Gasteiger partial charge >= 0.3 is 6.18 Å². The van der Waals surface area contributed by atoms with E-state index in [0.29, 0.717) is 23.1 Å². The van der Waals surface area contributed by atoms with Crippen molar-refractivity contribution in [3.63, 3.8) is 0 Å². The zero-order valence-corrected chi connectivity index (χ0v) is 16.4. The van der Waals surface area contributed by atoms with Gasteiger partial charge in [0.1, 0.15) is 11.7 Å². The zero-order chi connectivity index (χ0) is 21.3.